The van der Waals surface area contributed by atoms with Crippen molar-refractivity contribution in [1.82, 2.24) is 25.2 Å². The number of anilines is 1. The highest BCUT2D eigenvalue weighted by atomic mass is 19.1. The van der Waals surface area contributed by atoms with E-state index < -0.39 is 5.95 Å². The van der Waals surface area contributed by atoms with Gasteiger partial charge in [-0.15, -0.1) is 0 Å². The molecule has 2 aromatic heterocycles. The molecule has 1 aliphatic carbocycles. The number of piperazine rings is 1. The SMILES string of the molecule is CCNC(=O)c1ccc(N2CCN([C@@H]3CC[C@@H](c4nc5ccc(C)cc5c(=O)[nH]4)C3)CC2)c(F)n1. The van der Waals surface area contributed by atoms with Crippen molar-refractivity contribution in [1.29, 1.82) is 0 Å². The third kappa shape index (κ3) is 4.77. The number of aromatic amines is 1. The summed E-state index contributed by atoms with van der Waals surface area (Å²) in [7, 11) is 0. The van der Waals surface area contributed by atoms with E-state index in [-0.39, 0.29) is 23.1 Å². The molecule has 2 fully saturated rings. The van der Waals surface area contributed by atoms with Gasteiger partial charge in [0.15, 0.2) is 0 Å². The van der Waals surface area contributed by atoms with Crippen LogP contribution in [0.4, 0.5) is 10.1 Å². The Morgan fingerprint density at radius 3 is 2.69 bits per heavy atom. The fourth-order valence-corrected chi connectivity index (χ4v) is 5.37. The highest BCUT2D eigenvalue weighted by Crippen LogP contribution is 2.36. The van der Waals surface area contributed by atoms with Crippen molar-refractivity contribution in [3.63, 3.8) is 0 Å². The predicted molar refractivity (Wildman–Crippen MR) is 133 cm³/mol. The number of carbonyl (C=O) groups excluding carboxylic acids is 1. The first-order valence-electron chi connectivity index (χ1n) is 12.4. The number of amides is 1. The molecular weight excluding hydrogens is 447 g/mol. The van der Waals surface area contributed by atoms with Gasteiger partial charge in [-0.1, -0.05) is 11.6 Å². The summed E-state index contributed by atoms with van der Waals surface area (Å²) in [6.45, 7) is 7.31. The zero-order valence-electron chi connectivity index (χ0n) is 20.2. The molecule has 0 unspecified atom stereocenters. The van der Waals surface area contributed by atoms with Gasteiger partial charge in [-0.3, -0.25) is 14.5 Å². The Morgan fingerprint density at radius 2 is 1.94 bits per heavy atom. The lowest BCUT2D eigenvalue weighted by Crippen LogP contribution is -2.50. The smallest absolute Gasteiger partial charge is 0.269 e. The highest BCUT2D eigenvalue weighted by Gasteiger charge is 2.33. The van der Waals surface area contributed by atoms with Gasteiger partial charge in [0.2, 0.25) is 5.95 Å². The molecule has 0 bridgehead atoms. The van der Waals surface area contributed by atoms with Gasteiger partial charge < -0.3 is 15.2 Å². The normalized spacial score (nSPS) is 20.9. The molecule has 184 valence electrons. The highest BCUT2D eigenvalue weighted by molar-refractivity contribution is 5.92. The zero-order valence-corrected chi connectivity index (χ0v) is 20.2. The van der Waals surface area contributed by atoms with Crippen LogP contribution < -0.4 is 15.8 Å². The Kier molecular flexibility index (Phi) is 6.51. The average molecular weight is 479 g/mol. The van der Waals surface area contributed by atoms with Gasteiger partial charge in [0.25, 0.3) is 11.5 Å². The Balaban J connectivity index is 1.21. The number of nitrogens with zero attached hydrogens (tertiary/aromatic N) is 4. The Morgan fingerprint density at radius 1 is 1.14 bits per heavy atom. The van der Waals surface area contributed by atoms with Crippen LogP contribution in [0.3, 0.4) is 0 Å². The molecule has 2 aliphatic rings. The summed E-state index contributed by atoms with van der Waals surface area (Å²) in [4.78, 5) is 40.7. The second-order valence-corrected chi connectivity index (χ2v) is 9.52. The molecular formula is C26H31FN6O2. The standard InChI is InChI=1S/C26H31FN6O2/c1-3-28-26(35)21-8-9-22(23(27)29-21)33-12-10-32(11-13-33)18-6-5-17(15-18)24-30-20-7-4-16(2)14-19(20)25(34)31-24/h4,7-9,14,17-18H,3,5-6,10-13,15H2,1-2H3,(H,28,35)(H,30,31,34)/t17-,18-/m1/s1. The Hall–Kier alpha value is -3.33. The molecule has 0 spiro atoms. The number of carbonyl (C=O) groups is 1. The zero-order chi connectivity index (χ0) is 24.5. The Labute approximate surface area is 203 Å². The number of aryl methyl sites for hydroxylation is 1. The number of hydrogen-bond acceptors (Lipinski definition) is 6. The lowest BCUT2D eigenvalue weighted by atomic mass is 10.1. The number of fused-ring (bicyclic) bond motifs is 1. The van der Waals surface area contributed by atoms with Crippen LogP contribution in [0, 0.1) is 12.9 Å². The molecule has 3 aromatic rings. The summed E-state index contributed by atoms with van der Waals surface area (Å²) in [6.07, 6.45) is 3.00. The fraction of sp³-hybridized carbons (Fsp3) is 0.462. The average Bonchev–Trinajstić information content (AvgIpc) is 3.35. The first-order chi connectivity index (χ1) is 16.9. The molecule has 1 saturated carbocycles. The number of pyridine rings is 1. The number of hydrogen-bond donors (Lipinski definition) is 2. The summed E-state index contributed by atoms with van der Waals surface area (Å²) in [5.41, 5.74) is 2.26. The van der Waals surface area contributed by atoms with Gasteiger partial charge in [-0.25, -0.2) is 9.97 Å². The van der Waals surface area contributed by atoms with E-state index in [1.165, 1.54) is 0 Å². The molecule has 1 saturated heterocycles. The van der Waals surface area contributed by atoms with Crippen molar-refractivity contribution in [3.8, 4) is 0 Å². The number of halogens is 1. The van der Waals surface area contributed by atoms with E-state index >= 15 is 0 Å². The van der Waals surface area contributed by atoms with Crippen molar-refractivity contribution in [3.05, 3.63) is 63.7 Å². The number of rotatable bonds is 5. The van der Waals surface area contributed by atoms with Crippen LogP contribution in [0.5, 0.6) is 0 Å². The topological polar surface area (TPSA) is 94.2 Å². The molecule has 2 atom stereocenters. The predicted octanol–water partition coefficient (Wildman–Crippen LogP) is 2.97. The Bertz CT molecular complexity index is 1300. The minimum atomic E-state index is -0.607. The van der Waals surface area contributed by atoms with E-state index in [2.05, 4.69) is 20.2 Å². The van der Waals surface area contributed by atoms with Crippen LogP contribution in [0.1, 0.15) is 54.0 Å². The summed E-state index contributed by atoms with van der Waals surface area (Å²) < 4.78 is 14.7. The first-order valence-corrected chi connectivity index (χ1v) is 12.4. The number of aromatic nitrogens is 3. The number of H-pyrrole nitrogens is 1. The summed E-state index contributed by atoms with van der Waals surface area (Å²) >= 11 is 0. The van der Waals surface area contributed by atoms with Gasteiger partial charge in [0.05, 0.1) is 16.6 Å². The maximum absolute atomic E-state index is 14.7. The summed E-state index contributed by atoms with van der Waals surface area (Å²) in [5.74, 6) is 0.0494. The molecule has 2 N–H and O–H groups in total. The van der Waals surface area contributed by atoms with E-state index in [0.717, 1.165) is 49.3 Å². The van der Waals surface area contributed by atoms with Crippen molar-refractivity contribution < 1.29 is 9.18 Å². The molecule has 1 aliphatic heterocycles. The maximum atomic E-state index is 14.7. The number of benzene rings is 1. The minimum absolute atomic E-state index is 0.0698. The lowest BCUT2D eigenvalue weighted by molar-refractivity contribution is 0.0949. The molecule has 35 heavy (non-hydrogen) atoms. The second-order valence-electron chi connectivity index (χ2n) is 9.52. The van der Waals surface area contributed by atoms with Gasteiger partial charge in [0.1, 0.15) is 11.5 Å². The largest absolute Gasteiger partial charge is 0.365 e. The van der Waals surface area contributed by atoms with Gasteiger partial charge >= 0.3 is 0 Å². The molecule has 0 radical (unpaired) electrons. The van der Waals surface area contributed by atoms with Crippen molar-refractivity contribution in [2.45, 2.75) is 45.1 Å². The van der Waals surface area contributed by atoms with Crippen LogP contribution in [0.15, 0.2) is 35.1 Å². The quantitative estimate of drug-likeness (QED) is 0.548. The van der Waals surface area contributed by atoms with E-state index in [1.54, 1.807) is 12.1 Å². The van der Waals surface area contributed by atoms with Crippen molar-refractivity contribution >= 4 is 22.5 Å². The second kappa shape index (κ2) is 9.73. The van der Waals surface area contributed by atoms with Crippen LogP contribution in [-0.2, 0) is 0 Å². The summed E-state index contributed by atoms with van der Waals surface area (Å²) in [5, 5.41) is 3.28. The van der Waals surface area contributed by atoms with Gasteiger partial charge in [-0.2, -0.15) is 4.39 Å². The van der Waals surface area contributed by atoms with E-state index in [0.29, 0.717) is 36.7 Å². The van der Waals surface area contributed by atoms with Crippen LogP contribution >= 0.6 is 0 Å². The molecule has 3 heterocycles. The van der Waals surface area contributed by atoms with Crippen LogP contribution in [0.2, 0.25) is 0 Å². The van der Waals surface area contributed by atoms with Crippen LogP contribution in [-0.4, -0.2) is 64.5 Å². The number of nitrogens with one attached hydrogen (secondary N) is 2. The van der Waals surface area contributed by atoms with Gasteiger partial charge in [0, 0.05) is 44.7 Å². The third-order valence-corrected chi connectivity index (χ3v) is 7.24. The molecule has 1 amide bonds. The van der Waals surface area contributed by atoms with E-state index in [1.807, 2.05) is 36.9 Å². The van der Waals surface area contributed by atoms with Crippen LogP contribution in [0.25, 0.3) is 10.9 Å². The fourth-order valence-electron chi connectivity index (χ4n) is 5.37. The van der Waals surface area contributed by atoms with Crippen molar-refractivity contribution in [2.75, 3.05) is 37.6 Å². The monoisotopic (exact) mass is 478 g/mol. The molecule has 9 heteroatoms. The molecule has 1 aromatic carbocycles. The van der Waals surface area contributed by atoms with Gasteiger partial charge in [-0.05, 0) is 57.4 Å². The maximum Gasteiger partial charge on any atom is 0.269 e. The third-order valence-electron chi connectivity index (χ3n) is 7.24. The first kappa shape index (κ1) is 23.4. The van der Waals surface area contributed by atoms with E-state index in [9.17, 15) is 14.0 Å². The summed E-state index contributed by atoms with van der Waals surface area (Å²) in [6, 6.07) is 9.44. The minimum Gasteiger partial charge on any atom is -0.365 e. The molecule has 8 nitrogen and oxygen atoms in total. The molecule has 5 rings (SSSR count). The van der Waals surface area contributed by atoms with Crippen molar-refractivity contribution in [2.24, 2.45) is 0 Å². The van der Waals surface area contributed by atoms with E-state index in [4.69, 9.17) is 4.98 Å². The lowest BCUT2D eigenvalue weighted by Gasteiger charge is -2.39.